The van der Waals surface area contributed by atoms with Crippen molar-refractivity contribution < 1.29 is 5.11 Å². The maximum absolute atomic E-state index is 10.8. The molecular formula is C19H22N4O. The van der Waals surface area contributed by atoms with Crippen molar-refractivity contribution >= 4 is 11.0 Å². The smallest absolute Gasteiger partial charge is 0.147 e. The van der Waals surface area contributed by atoms with Gasteiger partial charge in [0.05, 0.1) is 0 Å². The van der Waals surface area contributed by atoms with E-state index in [0.29, 0.717) is 5.69 Å². The number of aromatic nitrogens is 3. The molecule has 5 nitrogen and oxygen atoms in total. The van der Waals surface area contributed by atoms with Crippen LogP contribution in [0.4, 0.5) is 0 Å². The van der Waals surface area contributed by atoms with Gasteiger partial charge in [0, 0.05) is 12.1 Å². The third kappa shape index (κ3) is 2.87. The molecule has 0 radical (unpaired) electrons. The highest BCUT2D eigenvalue weighted by Crippen LogP contribution is 2.29. The second kappa shape index (κ2) is 6.24. The number of likely N-dealkylation sites (tertiary alicyclic amines) is 1. The average Bonchev–Trinajstić information content (AvgIpc) is 3.02. The lowest BCUT2D eigenvalue weighted by atomic mass is 10.1. The number of fused-ring (bicyclic) bond motifs is 1. The van der Waals surface area contributed by atoms with E-state index in [1.165, 1.54) is 19.3 Å². The van der Waals surface area contributed by atoms with Gasteiger partial charge in [-0.25, -0.2) is 0 Å². The van der Waals surface area contributed by atoms with Crippen molar-refractivity contribution in [3.63, 3.8) is 0 Å². The molecule has 2 aromatic carbocycles. The van der Waals surface area contributed by atoms with E-state index in [1.807, 2.05) is 37.3 Å². The number of benzene rings is 2. The monoisotopic (exact) mass is 322 g/mol. The van der Waals surface area contributed by atoms with Gasteiger partial charge in [0.15, 0.2) is 0 Å². The molecule has 1 fully saturated rings. The predicted molar refractivity (Wildman–Crippen MR) is 94.4 cm³/mol. The van der Waals surface area contributed by atoms with E-state index in [-0.39, 0.29) is 5.75 Å². The van der Waals surface area contributed by atoms with Gasteiger partial charge in [-0.1, -0.05) is 24.6 Å². The summed E-state index contributed by atoms with van der Waals surface area (Å²) in [5.41, 5.74) is 4.37. The van der Waals surface area contributed by atoms with E-state index in [2.05, 4.69) is 21.2 Å². The molecule has 1 aromatic heterocycles. The van der Waals surface area contributed by atoms with Gasteiger partial charge in [-0.05, 0) is 56.6 Å². The number of piperidine rings is 1. The summed E-state index contributed by atoms with van der Waals surface area (Å²) in [6, 6.07) is 11.8. The van der Waals surface area contributed by atoms with Crippen LogP contribution in [0.5, 0.6) is 5.75 Å². The Morgan fingerprint density at radius 1 is 1.00 bits per heavy atom. The van der Waals surface area contributed by atoms with Gasteiger partial charge in [0.1, 0.15) is 22.5 Å². The standard InChI is InChI=1S/C19H22N4O/c1-14-11-15(13-22-9-5-2-6-10-22)19(24)18(12-14)23-20-16-7-3-4-8-17(16)21-23/h3-4,7-8,11-12,24H,2,5-6,9-10,13H2,1H3. The fourth-order valence-electron chi connectivity index (χ4n) is 3.43. The molecule has 4 rings (SSSR count). The van der Waals surface area contributed by atoms with Crippen LogP contribution >= 0.6 is 0 Å². The summed E-state index contributed by atoms with van der Waals surface area (Å²) in [5, 5.41) is 19.8. The zero-order valence-electron chi connectivity index (χ0n) is 13.9. The lowest BCUT2D eigenvalue weighted by Crippen LogP contribution is -2.29. The van der Waals surface area contributed by atoms with Crippen molar-refractivity contribution in [2.24, 2.45) is 0 Å². The van der Waals surface area contributed by atoms with Crippen molar-refractivity contribution in [2.75, 3.05) is 13.1 Å². The molecule has 0 unspecified atom stereocenters. The minimum atomic E-state index is 0.284. The number of phenolic OH excluding ortho intramolecular Hbond substituents is 1. The van der Waals surface area contributed by atoms with Crippen LogP contribution in [0.1, 0.15) is 30.4 Å². The first-order valence-electron chi connectivity index (χ1n) is 8.58. The SMILES string of the molecule is Cc1cc(CN2CCCCC2)c(O)c(-n2nc3ccccc3n2)c1. The zero-order valence-corrected chi connectivity index (χ0v) is 13.9. The fraction of sp³-hybridized carbons (Fsp3) is 0.368. The third-order valence-electron chi connectivity index (χ3n) is 4.66. The molecule has 1 aliphatic heterocycles. The third-order valence-corrected chi connectivity index (χ3v) is 4.66. The Balaban J connectivity index is 1.72. The largest absolute Gasteiger partial charge is 0.505 e. The van der Waals surface area contributed by atoms with Crippen LogP contribution in [0.2, 0.25) is 0 Å². The van der Waals surface area contributed by atoms with E-state index in [4.69, 9.17) is 0 Å². The van der Waals surface area contributed by atoms with E-state index in [9.17, 15) is 5.11 Å². The van der Waals surface area contributed by atoms with Crippen LogP contribution in [-0.2, 0) is 6.54 Å². The lowest BCUT2D eigenvalue weighted by Gasteiger charge is -2.27. The number of hydrogen-bond acceptors (Lipinski definition) is 4. The predicted octanol–water partition coefficient (Wildman–Crippen LogP) is 3.42. The molecule has 0 bridgehead atoms. The van der Waals surface area contributed by atoms with Crippen LogP contribution in [0, 0.1) is 6.92 Å². The molecule has 1 saturated heterocycles. The number of phenols is 1. The number of rotatable bonds is 3. The first-order valence-corrected chi connectivity index (χ1v) is 8.58. The van der Waals surface area contributed by atoms with E-state index in [0.717, 1.165) is 41.8 Å². The number of aromatic hydroxyl groups is 1. The lowest BCUT2D eigenvalue weighted by molar-refractivity contribution is 0.218. The van der Waals surface area contributed by atoms with Gasteiger partial charge in [-0.15, -0.1) is 15.0 Å². The van der Waals surface area contributed by atoms with Crippen LogP contribution in [0.25, 0.3) is 16.7 Å². The first-order chi connectivity index (χ1) is 11.7. The van der Waals surface area contributed by atoms with Gasteiger partial charge in [0.2, 0.25) is 0 Å². The number of hydrogen-bond donors (Lipinski definition) is 1. The summed E-state index contributed by atoms with van der Waals surface area (Å²) in [5.74, 6) is 0.284. The molecule has 124 valence electrons. The minimum absolute atomic E-state index is 0.284. The number of nitrogens with zero attached hydrogens (tertiary/aromatic N) is 4. The molecule has 0 aliphatic carbocycles. The Bertz CT molecular complexity index is 832. The van der Waals surface area contributed by atoms with Gasteiger partial charge in [-0.3, -0.25) is 4.90 Å². The average molecular weight is 322 g/mol. The Kier molecular flexibility index (Phi) is 3.94. The fourth-order valence-corrected chi connectivity index (χ4v) is 3.43. The summed E-state index contributed by atoms with van der Waals surface area (Å²) in [4.78, 5) is 3.96. The van der Waals surface area contributed by atoms with Crippen molar-refractivity contribution in [1.29, 1.82) is 0 Å². The summed E-state index contributed by atoms with van der Waals surface area (Å²) in [7, 11) is 0. The van der Waals surface area contributed by atoms with Crippen molar-refractivity contribution in [3.05, 3.63) is 47.5 Å². The quantitative estimate of drug-likeness (QED) is 0.803. The molecule has 24 heavy (non-hydrogen) atoms. The maximum atomic E-state index is 10.8. The van der Waals surface area contributed by atoms with E-state index < -0.39 is 0 Å². The van der Waals surface area contributed by atoms with Crippen molar-refractivity contribution in [2.45, 2.75) is 32.7 Å². The number of aryl methyl sites for hydroxylation is 1. The van der Waals surface area contributed by atoms with Crippen LogP contribution < -0.4 is 0 Å². The Morgan fingerprint density at radius 3 is 2.33 bits per heavy atom. The Hall–Kier alpha value is -2.40. The summed E-state index contributed by atoms with van der Waals surface area (Å²) in [6.45, 7) is 5.03. The molecule has 3 aromatic rings. The molecule has 0 saturated carbocycles. The van der Waals surface area contributed by atoms with Gasteiger partial charge >= 0.3 is 0 Å². The first kappa shape index (κ1) is 15.1. The highest BCUT2D eigenvalue weighted by molar-refractivity contribution is 5.73. The molecule has 0 atom stereocenters. The van der Waals surface area contributed by atoms with E-state index in [1.54, 1.807) is 4.80 Å². The van der Waals surface area contributed by atoms with Crippen LogP contribution in [-0.4, -0.2) is 38.1 Å². The van der Waals surface area contributed by atoms with E-state index >= 15 is 0 Å². The summed E-state index contributed by atoms with van der Waals surface area (Å²) >= 11 is 0. The zero-order chi connectivity index (χ0) is 16.5. The van der Waals surface area contributed by atoms with Gasteiger partial charge in [0.25, 0.3) is 0 Å². The van der Waals surface area contributed by atoms with Gasteiger partial charge < -0.3 is 5.11 Å². The summed E-state index contributed by atoms with van der Waals surface area (Å²) < 4.78 is 0. The normalized spacial score (nSPS) is 15.9. The highest BCUT2D eigenvalue weighted by Gasteiger charge is 2.17. The maximum Gasteiger partial charge on any atom is 0.147 e. The van der Waals surface area contributed by atoms with Gasteiger partial charge in [-0.2, -0.15) is 0 Å². The van der Waals surface area contributed by atoms with Crippen LogP contribution in [0.15, 0.2) is 36.4 Å². The second-order valence-corrected chi connectivity index (χ2v) is 6.61. The van der Waals surface area contributed by atoms with Crippen molar-refractivity contribution in [1.82, 2.24) is 19.9 Å². The molecular weight excluding hydrogens is 300 g/mol. The van der Waals surface area contributed by atoms with Crippen molar-refractivity contribution in [3.8, 4) is 11.4 Å². The molecule has 5 heteroatoms. The topological polar surface area (TPSA) is 54.2 Å². The molecule has 1 N–H and O–H groups in total. The Morgan fingerprint density at radius 2 is 1.67 bits per heavy atom. The summed E-state index contributed by atoms with van der Waals surface area (Å²) in [6.07, 6.45) is 3.79. The molecule has 0 amide bonds. The second-order valence-electron chi connectivity index (χ2n) is 6.61. The molecule has 1 aliphatic rings. The Labute approximate surface area is 141 Å². The highest BCUT2D eigenvalue weighted by atomic mass is 16.3. The molecule has 0 spiro atoms. The van der Waals surface area contributed by atoms with Crippen LogP contribution in [0.3, 0.4) is 0 Å². The molecule has 2 heterocycles. The minimum Gasteiger partial charge on any atom is -0.505 e.